The molecule has 0 spiro atoms. The minimum atomic E-state index is -0.366. The highest BCUT2D eigenvalue weighted by Gasteiger charge is 2.19. The smallest absolute Gasteiger partial charge is 0.259 e. The van der Waals surface area contributed by atoms with Gasteiger partial charge in [-0.15, -0.1) is 0 Å². The molecule has 98 valence electrons. The molecule has 0 atom stereocenters. The van der Waals surface area contributed by atoms with Gasteiger partial charge >= 0.3 is 0 Å². The van der Waals surface area contributed by atoms with E-state index >= 15 is 0 Å². The molecule has 1 N–H and O–H groups in total. The molecule has 0 saturated heterocycles. The lowest BCUT2D eigenvalue weighted by Gasteiger charge is -2.14. The van der Waals surface area contributed by atoms with Crippen LogP contribution in [0.2, 0.25) is 0 Å². The van der Waals surface area contributed by atoms with Crippen molar-refractivity contribution >= 4 is 11.6 Å². The Hall–Kier alpha value is -2.17. The Morgan fingerprint density at radius 3 is 3.11 bits per heavy atom. The van der Waals surface area contributed by atoms with Crippen molar-refractivity contribution in [2.75, 3.05) is 5.32 Å². The van der Waals surface area contributed by atoms with Crippen molar-refractivity contribution in [2.24, 2.45) is 0 Å². The van der Waals surface area contributed by atoms with Gasteiger partial charge in [0.05, 0.1) is 17.5 Å². The van der Waals surface area contributed by atoms with Crippen molar-refractivity contribution in [2.45, 2.75) is 25.8 Å². The van der Waals surface area contributed by atoms with Gasteiger partial charge < -0.3 is 5.32 Å². The first-order valence-corrected chi connectivity index (χ1v) is 6.35. The first-order chi connectivity index (χ1) is 9.24. The predicted octanol–water partition coefficient (Wildman–Crippen LogP) is 2.61. The maximum absolute atomic E-state index is 13.1. The Morgan fingerprint density at radius 2 is 2.26 bits per heavy atom. The van der Waals surface area contributed by atoms with Crippen molar-refractivity contribution in [3.8, 4) is 0 Å². The third kappa shape index (κ3) is 2.36. The van der Waals surface area contributed by atoms with Crippen LogP contribution in [0.1, 0.15) is 28.9 Å². The van der Waals surface area contributed by atoms with Crippen LogP contribution >= 0.6 is 0 Å². The Kier molecular flexibility index (Phi) is 3.03. The van der Waals surface area contributed by atoms with Crippen LogP contribution in [0.3, 0.4) is 0 Å². The minimum absolute atomic E-state index is 0.228. The summed E-state index contributed by atoms with van der Waals surface area (Å²) in [7, 11) is 0. The largest absolute Gasteiger partial charge is 0.322 e. The molecule has 1 aliphatic heterocycles. The summed E-state index contributed by atoms with van der Waals surface area (Å²) >= 11 is 0. The predicted molar refractivity (Wildman–Crippen MR) is 69.5 cm³/mol. The fourth-order valence-electron chi connectivity index (χ4n) is 2.38. The molecule has 2 aromatic rings. The third-order valence-corrected chi connectivity index (χ3v) is 3.31. The topological polar surface area (TPSA) is 46.9 Å². The van der Waals surface area contributed by atoms with Crippen molar-refractivity contribution in [3.05, 3.63) is 47.5 Å². The van der Waals surface area contributed by atoms with E-state index in [1.165, 1.54) is 12.1 Å². The van der Waals surface area contributed by atoms with Gasteiger partial charge in [0.15, 0.2) is 0 Å². The molecule has 3 rings (SSSR count). The average molecular weight is 259 g/mol. The lowest BCUT2D eigenvalue weighted by molar-refractivity contribution is 0.102. The Labute approximate surface area is 110 Å². The number of fused-ring (bicyclic) bond motifs is 1. The average Bonchev–Trinajstić information content (AvgIpc) is 2.82. The standard InChI is InChI=1S/C14H14FN3O/c15-10-4-3-5-11(8-10)17-14(19)12-9-16-18-7-2-1-6-13(12)18/h3-5,8-9H,1-2,6-7H2,(H,17,19). The van der Waals surface area contributed by atoms with Crippen LogP contribution in [0.15, 0.2) is 30.5 Å². The van der Waals surface area contributed by atoms with Gasteiger partial charge in [0, 0.05) is 12.2 Å². The zero-order valence-electron chi connectivity index (χ0n) is 10.4. The molecular weight excluding hydrogens is 245 g/mol. The van der Waals surface area contributed by atoms with E-state index in [0.29, 0.717) is 11.3 Å². The molecule has 1 aliphatic rings. The maximum atomic E-state index is 13.1. The molecule has 19 heavy (non-hydrogen) atoms. The van der Waals surface area contributed by atoms with Crippen LogP contribution in [0.5, 0.6) is 0 Å². The molecule has 0 saturated carbocycles. The molecule has 0 unspecified atom stereocenters. The molecule has 0 fully saturated rings. The van der Waals surface area contributed by atoms with Crippen LogP contribution in [0.25, 0.3) is 0 Å². The molecule has 0 bridgehead atoms. The second kappa shape index (κ2) is 4.84. The summed E-state index contributed by atoms with van der Waals surface area (Å²) in [5.41, 5.74) is 2.02. The molecule has 1 amide bonds. The molecule has 2 heterocycles. The number of carbonyl (C=O) groups excluding carboxylic acids is 1. The summed E-state index contributed by atoms with van der Waals surface area (Å²) in [6.45, 7) is 0.864. The number of rotatable bonds is 2. The summed E-state index contributed by atoms with van der Waals surface area (Å²) in [5, 5.41) is 6.92. The van der Waals surface area contributed by atoms with Gasteiger partial charge in [0.25, 0.3) is 5.91 Å². The van der Waals surface area contributed by atoms with Crippen LogP contribution in [0.4, 0.5) is 10.1 Å². The normalized spacial score (nSPS) is 13.9. The number of anilines is 1. The second-order valence-electron chi connectivity index (χ2n) is 4.65. The summed E-state index contributed by atoms with van der Waals surface area (Å²) < 4.78 is 14.9. The van der Waals surface area contributed by atoms with Gasteiger partial charge in [-0.3, -0.25) is 9.48 Å². The van der Waals surface area contributed by atoms with Gasteiger partial charge in [-0.1, -0.05) is 6.07 Å². The van der Waals surface area contributed by atoms with E-state index in [9.17, 15) is 9.18 Å². The molecule has 4 nitrogen and oxygen atoms in total. The third-order valence-electron chi connectivity index (χ3n) is 3.31. The minimum Gasteiger partial charge on any atom is -0.322 e. The molecule has 1 aromatic heterocycles. The molecule has 5 heteroatoms. The van der Waals surface area contributed by atoms with E-state index in [-0.39, 0.29) is 11.7 Å². The van der Waals surface area contributed by atoms with E-state index in [2.05, 4.69) is 10.4 Å². The number of aromatic nitrogens is 2. The fourth-order valence-corrected chi connectivity index (χ4v) is 2.38. The Bertz CT molecular complexity index is 621. The zero-order valence-corrected chi connectivity index (χ0v) is 10.4. The van der Waals surface area contributed by atoms with E-state index in [0.717, 1.165) is 31.5 Å². The van der Waals surface area contributed by atoms with E-state index in [1.54, 1.807) is 18.3 Å². The van der Waals surface area contributed by atoms with Crippen molar-refractivity contribution < 1.29 is 9.18 Å². The van der Waals surface area contributed by atoms with Gasteiger partial charge in [0.2, 0.25) is 0 Å². The maximum Gasteiger partial charge on any atom is 0.259 e. The van der Waals surface area contributed by atoms with Crippen molar-refractivity contribution in [1.82, 2.24) is 9.78 Å². The lowest BCUT2D eigenvalue weighted by Crippen LogP contribution is -2.17. The number of hydrogen-bond donors (Lipinski definition) is 1. The highest BCUT2D eigenvalue weighted by molar-refractivity contribution is 6.04. The number of nitrogens with zero attached hydrogens (tertiary/aromatic N) is 2. The monoisotopic (exact) mass is 259 g/mol. The fraction of sp³-hybridized carbons (Fsp3) is 0.286. The summed E-state index contributed by atoms with van der Waals surface area (Å²) in [6.07, 6.45) is 4.63. The van der Waals surface area contributed by atoms with Crippen molar-refractivity contribution in [1.29, 1.82) is 0 Å². The van der Waals surface area contributed by atoms with Crippen LogP contribution < -0.4 is 5.32 Å². The van der Waals surface area contributed by atoms with Crippen LogP contribution in [-0.4, -0.2) is 15.7 Å². The highest BCUT2D eigenvalue weighted by atomic mass is 19.1. The quantitative estimate of drug-likeness (QED) is 0.901. The van der Waals surface area contributed by atoms with Gasteiger partial charge in [-0.25, -0.2) is 4.39 Å². The lowest BCUT2D eigenvalue weighted by atomic mass is 10.1. The Morgan fingerprint density at radius 1 is 1.37 bits per heavy atom. The number of benzene rings is 1. The first kappa shape index (κ1) is 11.9. The zero-order chi connectivity index (χ0) is 13.2. The van der Waals surface area contributed by atoms with E-state index < -0.39 is 0 Å². The molecule has 0 radical (unpaired) electrons. The summed E-state index contributed by atoms with van der Waals surface area (Å²) in [5.74, 6) is -0.594. The number of nitrogens with one attached hydrogen (secondary N) is 1. The summed E-state index contributed by atoms with van der Waals surface area (Å²) in [6, 6.07) is 5.88. The molecule has 0 aliphatic carbocycles. The van der Waals surface area contributed by atoms with Gasteiger partial charge in [-0.05, 0) is 37.5 Å². The number of halogens is 1. The summed E-state index contributed by atoms with van der Waals surface area (Å²) in [4.78, 5) is 12.2. The van der Waals surface area contributed by atoms with Gasteiger partial charge in [0.1, 0.15) is 5.82 Å². The first-order valence-electron chi connectivity index (χ1n) is 6.35. The second-order valence-corrected chi connectivity index (χ2v) is 4.65. The SMILES string of the molecule is O=C(Nc1cccc(F)c1)c1cnn2c1CCCC2. The van der Waals surface area contributed by atoms with Crippen molar-refractivity contribution in [3.63, 3.8) is 0 Å². The number of carbonyl (C=O) groups is 1. The van der Waals surface area contributed by atoms with E-state index in [1.807, 2.05) is 4.68 Å². The molecule has 1 aromatic carbocycles. The number of amides is 1. The molecular formula is C14H14FN3O. The van der Waals surface area contributed by atoms with Crippen LogP contribution in [-0.2, 0) is 13.0 Å². The van der Waals surface area contributed by atoms with Gasteiger partial charge in [-0.2, -0.15) is 5.10 Å². The highest BCUT2D eigenvalue weighted by Crippen LogP contribution is 2.19. The number of aryl methyl sites for hydroxylation is 1. The van der Waals surface area contributed by atoms with E-state index in [4.69, 9.17) is 0 Å². The Balaban J connectivity index is 1.83. The number of hydrogen-bond acceptors (Lipinski definition) is 2. The van der Waals surface area contributed by atoms with Crippen LogP contribution in [0, 0.1) is 5.82 Å².